The van der Waals surface area contributed by atoms with Gasteiger partial charge in [0.05, 0.1) is 11.7 Å². The smallest absolute Gasteiger partial charge is 0.315 e. The summed E-state index contributed by atoms with van der Waals surface area (Å²) in [5.74, 6) is -0.243. The maximum absolute atomic E-state index is 14.5. The van der Waals surface area contributed by atoms with Crippen molar-refractivity contribution in [2.24, 2.45) is 0 Å². The van der Waals surface area contributed by atoms with E-state index in [1.165, 1.54) is 6.07 Å². The highest BCUT2D eigenvalue weighted by Crippen LogP contribution is 2.24. The van der Waals surface area contributed by atoms with E-state index in [2.05, 4.69) is 34.1 Å². The number of likely N-dealkylation sites (N-methyl/N-ethyl adjacent to an activating group) is 1. The first-order valence-electron chi connectivity index (χ1n) is 8.28. The van der Waals surface area contributed by atoms with Crippen LogP contribution in [0.1, 0.15) is 25.5 Å². The number of rotatable bonds is 5. The molecule has 1 aromatic carbocycles. The second-order valence-electron chi connectivity index (χ2n) is 6.51. The monoisotopic (exact) mass is 334 g/mol. The minimum absolute atomic E-state index is 0.243. The van der Waals surface area contributed by atoms with E-state index in [1.54, 1.807) is 6.07 Å². The standard InChI is InChI=1S/C18H27FN4O/c1-13(2)12-20-18(24)21-14(3)15-5-6-17(16(19)11-15)23-9-7-22(4)8-10-23/h5-6,11,14H,1,7-10,12H2,2-4H3,(H2,20,21,24). The molecule has 1 saturated heterocycles. The fourth-order valence-electron chi connectivity index (χ4n) is 2.66. The zero-order chi connectivity index (χ0) is 17.7. The number of piperazine rings is 1. The number of urea groups is 1. The summed E-state index contributed by atoms with van der Waals surface area (Å²) >= 11 is 0. The Morgan fingerprint density at radius 3 is 2.58 bits per heavy atom. The molecule has 1 unspecified atom stereocenters. The molecule has 132 valence electrons. The summed E-state index contributed by atoms with van der Waals surface area (Å²) in [6.45, 7) is 11.4. The predicted molar refractivity (Wildman–Crippen MR) is 95.9 cm³/mol. The first-order chi connectivity index (χ1) is 11.4. The number of benzene rings is 1. The third-order valence-corrected chi connectivity index (χ3v) is 4.21. The van der Waals surface area contributed by atoms with Crippen LogP contribution in [0.2, 0.25) is 0 Å². The van der Waals surface area contributed by atoms with Crippen LogP contribution in [0, 0.1) is 5.82 Å². The van der Waals surface area contributed by atoms with E-state index < -0.39 is 0 Å². The molecule has 0 bridgehead atoms. The molecule has 0 aromatic heterocycles. The maximum Gasteiger partial charge on any atom is 0.315 e. The number of carbonyl (C=O) groups is 1. The van der Waals surface area contributed by atoms with Crippen molar-refractivity contribution >= 4 is 11.7 Å². The van der Waals surface area contributed by atoms with Crippen LogP contribution >= 0.6 is 0 Å². The summed E-state index contributed by atoms with van der Waals surface area (Å²) < 4.78 is 14.5. The van der Waals surface area contributed by atoms with Gasteiger partial charge in [-0.15, -0.1) is 0 Å². The van der Waals surface area contributed by atoms with Crippen molar-refractivity contribution in [1.82, 2.24) is 15.5 Å². The van der Waals surface area contributed by atoms with E-state index in [4.69, 9.17) is 0 Å². The van der Waals surface area contributed by atoms with Crippen molar-refractivity contribution in [1.29, 1.82) is 0 Å². The third kappa shape index (κ3) is 4.96. The normalized spacial score (nSPS) is 16.6. The maximum atomic E-state index is 14.5. The summed E-state index contributed by atoms with van der Waals surface area (Å²) in [6, 6.07) is 4.64. The molecule has 24 heavy (non-hydrogen) atoms. The molecular weight excluding hydrogens is 307 g/mol. The Hall–Kier alpha value is -2.08. The van der Waals surface area contributed by atoms with E-state index in [1.807, 2.05) is 19.9 Å². The van der Waals surface area contributed by atoms with Crippen LogP contribution in [0.25, 0.3) is 0 Å². The Morgan fingerprint density at radius 1 is 1.33 bits per heavy atom. The van der Waals surface area contributed by atoms with Gasteiger partial charge in [-0.3, -0.25) is 0 Å². The Morgan fingerprint density at radius 2 is 2.00 bits per heavy atom. The summed E-state index contributed by atoms with van der Waals surface area (Å²) in [5, 5.41) is 5.51. The lowest BCUT2D eigenvalue weighted by molar-refractivity contribution is 0.238. The van der Waals surface area contributed by atoms with Gasteiger partial charge in [-0.2, -0.15) is 0 Å². The zero-order valence-electron chi connectivity index (χ0n) is 14.7. The van der Waals surface area contributed by atoms with E-state index in [-0.39, 0.29) is 17.9 Å². The van der Waals surface area contributed by atoms with E-state index >= 15 is 0 Å². The number of nitrogens with zero attached hydrogens (tertiary/aromatic N) is 2. The van der Waals surface area contributed by atoms with Gasteiger partial charge in [0, 0.05) is 32.7 Å². The number of anilines is 1. The van der Waals surface area contributed by atoms with Crippen LogP contribution in [-0.4, -0.2) is 50.7 Å². The number of hydrogen-bond donors (Lipinski definition) is 2. The highest BCUT2D eigenvalue weighted by Gasteiger charge is 2.18. The number of amides is 2. The minimum atomic E-state index is -0.283. The average molecular weight is 334 g/mol. The molecule has 5 nitrogen and oxygen atoms in total. The van der Waals surface area contributed by atoms with Gasteiger partial charge in [-0.05, 0) is 38.6 Å². The minimum Gasteiger partial charge on any atom is -0.367 e. The van der Waals surface area contributed by atoms with Crippen LogP contribution in [0.4, 0.5) is 14.9 Å². The molecule has 1 aromatic rings. The van der Waals surface area contributed by atoms with E-state index in [0.717, 1.165) is 37.3 Å². The molecule has 6 heteroatoms. The lowest BCUT2D eigenvalue weighted by atomic mass is 10.1. The van der Waals surface area contributed by atoms with Gasteiger partial charge < -0.3 is 20.4 Å². The van der Waals surface area contributed by atoms with Crippen molar-refractivity contribution in [2.45, 2.75) is 19.9 Å². The van der Waals surface area contributed by atoms with Crippen LogP contribution in [-0.2, 0) is 0 Å². The van der Waals surface area contributed by atoms with Crippen LogP contribution in [0.15, 0.2) is 30.4 Å². The third-order valence-electron chi connectivity index (χ3n) is 4.21. The number of halogens is 1. The second-order valence-corrected chi connectivity index (χ2v) is 6.51. The first-order valence-corrected chi connectivity index (χ1v) is 8.28. The molecule has 2 amide bonds. The second kappa shape index (κ2) is 8.15. The Bertz CT molecular complexity index is 597. The Balaban J connectivity index is 1.98. The lowest BCUT2D eigenvalue weighted by Gasteiger charge is -2.34. The van der Waals surface area contributed by atoms with Gasteiger partial charge in [0.2, 0.25) is 0 Å². The fraction of sp³-hybridized carbons (Fsp3) is 0.500. The van der Waals surface area contributed by atoms with Crippen molar-refractivity contribution in [2.75, 3.05) is 44.7 Å². The summed E-state index contributed by atoms with van der Waals surface area (Å²) in [5.41, 5.74) is 2.25. The Labute approximate surface area is 143 Å². The quantitative estimate of drug-likeness (QED) is 0.814. The number of nitrogens with one attached hydrogen (secondary N) is 2. The molecule has 1 fully saturated rings. The highest BCUT2D eigenvalue weighted by molar-refractivity contribution is 5.74. The van der Waals surface area contributed by atoms with Crippen molar-refractivity contribution < 1.29 is 9.18 Å². The van der Waals surface area contributed by atoms with Crippen LogP contribution in [0.3, 0.4) is 0 Å². The average Bonchev–Trinajstić information content (AvgIpc) is 2.54. The van der Waals surface area contributed by atoms with Crippen LogP contribution < -0.4 is 15.5 Å². The molecule has 1 aliphatic rings. The van der Waals surface area contributed by atoms with Gasteiger partial charge in [-0.25, -0.2) is 9.18 Å². The number of carbonyl (C=O) groups excluding carboxylic acids is 1. The molecule has 1 atom stereocenters. The summed E-state index contributed by atoms with van der Waals surface area (Å²) in [4.78, 5) is 16.1. The SMILES string of the molecule is C=C(C)CNC(=O)NC(C)c1ccc(N2CCN(C)CC2)c(F)c1. The lowest BCUT2D eigenvalue weighted by Crippen LogP contribution is -2.44. The van der Waals surface area contributed by atoms with Crippen molar-refractivity contribution in [3.63, 3.8) is 0 Å². The van der Waals surface area contributed by atoms with Gasteiger partial charge in [0.15, 0.2) is 0 Å². The zero-order valence-corrected chi connectivity index (χ0v) is 14.7. The van der Waals surface area contributed by atoms with E-state index in [9.17, 15) is 9.18 Å². The van der Waals surface area contributed by atoms with Crippen LogP contribution in [0.5, 0.6) is 0 Å². The predicted octanol–water partition coefficient (Wildman–Crippen LogP) is 2.51. The van der Waals surface area contributed by atoms with Crippen molar-refractivity contribution in [3.8, 4) is 0 Å². The highest BCUT2D eigenvalue weighted by atomic mass is 19.1. The molecular formula is C18H27FN4O. The summed E-state index contributed by atoms with van der Waals surface area (Å²) in [6.07, 6.45) is 0. The topological polar surface area (TPSA) is 47.6 Å². The molecule has 1 aliphatic heterocycles. The van der Waals surface area contributed by atoms with Crippen molar-refractivity contribution in [3.05, 3.63) is 41.7 Å². The molecule has 2 N–H and O–H groups in total. The van der Waals surface area contributed by atoms with Gasteiger partial charge in [0.1, 0.15) is 5.82 Å². The van der Waals surface area contributed by atoms with Gasteiger partial charge in [0.25, 0.3) is 0 Å². The fourth-order valence-corrected chi connectivity index (χ4v) is 2.66. The van der Waals surface area contributed by atoms with E-state index in [0.29, 0.717) is 12.2 Å². The molecule has 0 saturated carbocycles. The molecule has 2 rings (SSSR count). The van der Waals surface area contributed by atoms with Gasteiger partial charge >= 0.3 is 6.03 Å². The van der Waals surface area contributed by atoms with Gasteiger partial charge in [-0.1, -0.05) is 18.2 Å². The molecule has 0 radical (unpaired) electrons. The summed E-state index contributed by atoms with van der Waals surface area (Å²) in [7, 11) is 2.07. The first kappa shape index (κ1) is 18.3. The Kier molecular flexibility index (Phi) is 6.20. The largest absolute Gasteiger partial charge is 0.367 e. The molecule has 0 spiro atoms. The number of hydrogen-bond acceptors (Lipinski definition) is 3. The molecule has 1 heterocycles. The molecule has 0 aliphatic carbocycles.